The van der Waals surface area contributed by atoms with Gasteiger partial charge in [0.15, 0.2) is 0 Å². The fraction of sp³-hybridized carbons (Fsp3) is 0.455. The van der Waals surface area contributed by atoms with Crippen molar-refractivity contribution in [1.82, 2.24) is 0 Å². The number of aryl methyl sites for hydroxylation is 1. The molecule has 0 aliphatic carbocycles. The van der Waals surface area contributed by atoms with Gasteiger partial charge in [-0.1, -0.05) is 27.5 Å². The molecule has 1 unspecified atom stereocenters. The van der Waals surface area contributed by atoms with Gasteiger partial charge in [0, 0.05) is 10.4 Å². The summed E-state index contributed by atoms with van der Waals surface area (Å²) in [4.78, 5) is 0. The third-order valence-corrected chi connectivity index (χ3v) is 2.67. The van der Waals surface area contributed by atoms with E-state index in [1.807, 2.05) is 25.1 Å². The summed E-state index contributed by atoms with van der Waals surface area (Å²) in [5.41, 5.74) is 1.08. The molecule has 1 rings (SSSR count). The van der Waals surface area contributed by atoms with Crippen LogP contribution < -0.4 is 4.74 Å². The normalized spacial score (nSPS) is 12.6. The molecule has 1 nitrogen and oxygen atoms in total. The number of rotatable bonds is 4. The van der Waals surface area contributed by atoms with Crippen molar-refractivity contribution in [3.05, 3.63) is 28.8 Å². The molecule has 1 aromatic carbocycles. The Bertz CT molecular complexity index is 301. The van der Waals surface area contributed by atoms with Gasteiger partial charge in [0.2, 0.25) is 0 Å². The number of alkyl halides is 1. The zero-order valence-corrected chi connectivity index (χ0v) is 10.7. The van der Waals surface area contributed by atoms with Crippen LogP contribution in [0.4, 0.5) is 0 Å². The molecule has 0 heterocycles. The molecule has 0 spiro atoms. The first-order chi connectivity index (χ1) is 6.63. The maximum absolute atomic E-state index is 5.85. The predicted octanol–water partition coefficient (Wildman–Crippen LogP) is 4.20. The second-order valence-corrected chi connectivity index (χ2v) is 4.55. The van der Waals surface area contributed by atoms with Crippen molar-refractivity contribution in [2.45, 2.75) is 26.4 Å². The van der Waals surface area contributed by atoms with E-state index in [1.165, 1.54) is 0 Å². The first-order valence-electron chi connectivity index (χ1n) is 4.62. The van der Waals surface area contributed by atoms with Gasteiger partial charge in [0.1, 0.15) is 5.75 Å². The van der Waals surface area contributed by atoms with Crippen LogP contribution in [0.5, 0.6) is 5.75 Å². The fourth-order valence-corrected chi connectivity index (χ4v) is 2.05. The Hall–Kier alpha value is -0.210. The van der Waals surface area contributed by atoms with Crippen LogP contribution in [-0.2, 0) is 0 Å². The van der Waals surface area contributed by atoms with Crippen LogP contribution in [0.1, 0.15) is 18.9 Å². The van der Waals surface area contributed by atoms with Gasteiger partial charge in [-0.3, -0.25) is 0 Å². The number of benzene rings is 1. The van der Waals surface area contributed by atoms with Crippen molar-refractivity contribution >= 4 is 27.5 Å². The third kappa shape index (κ3) is 3.50. The Balaban J connectivity index is 2.67. The monoisotopic (exact) mass is 276 g/mol. The van der Waals surface area contributed by atoms with E-state index < -0.39 is 0 Å². The lowest BCUT2D eigenvalue weighted by Gasteiger charge is -2.15. The van der Waals surface area contributed by atoms with E-state index in [1.54, 1.807) is 0 Å². The largest absolute Gasteiger partial charge is 0.490 e. The highest BCUT2D eigenvalue weighted by molar-refractivity contribution is 9.09. The Morgan fingerprint density at radius 1 is 1.50 bits per heavy atom. The SMILES string of the molecule is Cc1cc(Cl)ccc1OC(C)CCBr. The van der Waals surface area contributed by atoms with E-state index in [9.17, 15) is 0 Å². The molecule has 3 heteroatoms. The summed E-state index contributed by atoms with van der Waals surface area (Å²) in [6, 6.07) is 5.69. The fourth-order valence-electron chi connectivity index (χ4n) is 1.17. The molecule has 14 heavy (non-hydrogen) atoms. The zero-order chi connectivity index (χ0) is 10.6. The van der Waals surface area contributed by atoms with Crippen LogP contribution >= 0.6 is 27.5 Å². The summed E-state index contributed by atoms with van der Waals surface area (Å²) in [5.74, 6) is 0.919. The van der Waals surface area contributed by atoms with E-state index in [0.717, 1.165) is 28.1 Å². The molecule has 0 radical (unpaired) electrons. The van der Waals surface area contributed by atoms with Gasteiger partial charge in [0.05, 0.1) is 6.10 Å². The molecule has 0 fully saturated rings. The summed E-state index contributed by atoms with van der Waals surface area (Å²) >= 11 is 9.24. The van der Waals surface area contributed by atoms with Crippen molar-refractivity contribution in [3.8, 4) is 5.75 Å². The predicted molar refractivity (Wildman–Crippen MR) is 64.7 cm³/mol. The molecule has 0 saturated carbocycles. The van der Waals surface area contributed by atoms with Crippen LogP contribution in [0.15, 0.2) is 18.2 Å². The molecule has 1 aromatic rings. The molecule has 0 bridgehead atoms. The average Bonchev–Trinajstić information content (AvgIpc) is 2.10. The van der Waals surface area contributed by atoms with Gasteiger partial charge in [-0.15, -0.1) is 0 Å². The van der Waals surface area contributed by atoms with Crippen molar-refractivity contribution in [1.29, 1.82) is 0 Å². The Kier molecular flexibility index (Phi) is 4.76. The van der Waals surface area contributed by atoms with Crippen LogP contribution in [0, 0.1) is 6.92 Å². The average molecular weight is 278 g/mol. The lowest BCUT2D eigenvalue weighted by atomic mass is 10.2. The highest BCUT2D eigenvalue weighted by Crippen LogP contribution is 2.23. The van der Waals surface area contributed by atoms with Crippen LogP contribution in [0.2, 0.25) is 5.02 Å². The van der Waals surface area contributed by atoms with Crippen LogP contribution in [-0.4, -0.2) is 11.4 Å². The maximum Gasteiger partial charge on any atom is 0.122 e. The highest BCUT2D eigenvalue weighted by Gasteiger charge is 2.05. The quantitative estimate of drug-likeness (QED) is 0.750. The minimum Gasteiger partial charge on any atom is -0.490 e. The van der Waals surface area contributed by atoms with Gasteiger partial charge < -0.3 is 4.74 Å². The number of halogens is 2. The first-order valence-corrected chi connectivity index (χ1v) is 6.12. The second-order valence-electron chi connectivity index (χ2n) is 3.32. The standard InChI is InChI=1S/C11H14BrClO/c1-8-7-10(13)3-4-11(8)14-9(2)5-6-12/h3-4,7,9H,5-6H2,1-2H3. The molecule has 0 aliphatic heterocycles. The van der Waals surface area contributed by atoms with Gasteiger partial charge in [0.25, 0.3) is 0 Å². The molecule has 0 aliphatic rings. The summed E-state index contributed by atoms with van der Waals surface area (Å²) < 4.78 is 5.75. The number of hydrogen-bond donors (Lipinski definition) is 0. The van der Waals surface area contributed by atoms with Gasteiger partial charge in [-0.2, -0.15) is 0 Å². The second kappa shape index (κ2) is 5.62. The van der Waals surface area contributed by atoms with Crippen molar-refractivity contribution in [3.63, 3.8) is 0 Å². The van der Waals surface area contributed by atoms with Gasteiger partial charge in [-0.05, 0) is 44.0 Å². The summed E-state index contributed by atoms with van der Waals surface area (Å²) in [6.45, 7) is 4.07. The third-order valence-electron chi connectivity index (χ3n) is 1.98. The smallest absolute Gasteiger partial charge is 0.122 e. The van der Waals surface area contributed by atoms with Crippen molar-refractivity contribution < 1.29 is 4.74 Å². The van der Waals surface area contributed by atoms with Crippen molar-refractivity contribution in [2.24, 2.45) is 0 Å². The van der Waals surface area contributed by atoms with E-state index in [-0.39, 0.29) is 6.10 Å². The molecule has 78 valence electrons. The minimum atomic E-state index is 0.231. The number of ether oxygens (including phenoxy) is 1. The maximum atomic E-state index is 5.85. The molecule has 0 amide bonds. The Labute approximate surface area is 98.5 Å². The van der Waals surface area contributed by atoms with Gasteiger partial charge >= 0.3 is 0 Å². The Morgan fingerprint density at radius 3 is 2.79 bits per heavy atom. The van der Waals surface area contributed by atoms with E-state index >= 15 is 0 Å². The van der Waals surface area contributed by atoms with Crippen LogP contribution in [0.3, 0.4) is 0 Å². The van der Waals surface area contributed by atoms with Crippen LogP contribution in [0.25, 0.3) is 0 Å². The lowest BCUT2D eigenvalue weighted by Crippen LogP contribution is -2.12. The highest BCUT2D eigenvalue weighted by atomic mass is 79.9. The zero-order valence-electron chi connectivity index (χ0n) is 8.39. The molecular formula is C11H14BrClO. The summed E-state index contributed by atoms with van der Waals surface area (Å²) in [5, 5.41) is 1.71. The lowest BCUT2D eigenvalue weighted by molar-refractivity contribution is 0.217. The first kappa shape index (κ1) is 11.9. The van der Waals surface area contributed by atoms with E-state index in [0.29, 0.717) is 0 Å². The molecule has 0 N–H and O–H groups in total. The molecule has 1 atom stereocenters. The molecule has 0 aromatic heterocycles. The molecule has 0 saturated heterocycles. The van der Waals surface area contributed by atoms with E-state index in [4.69, 9.17) is 16.3 Å². The Morgan fingerprint density at radius 2 is 2.21 bits per heavy atom. The minimum absolute atomic E-state index is 0.231. The van der Waals surface area contributed by atoms with E-state index in [2.05, 4.69) is 22.9 Å². The molecular weight excluding hydrogens is 263 g/mol. The summed E-state index contributed by atoms with van der Waals surface area (Å²) in [7, 11) is 0. The topological polar surface area (TPSA) is 9.23 Å². The van der Waals surface area contributed by atoms with Gasteiger partial charge in [-0.25, -0.2) is 0 Å². The number of hydrogen-bond acceptors (Lipinski definition) is 1. The van der Waals surface area contributed by atoms with Crippen molar-refractivity contribution in [2.75, 3.05) is 5.33 Å². The summed E-state index contributed by atoms with van der Waals surface area (Å²) in [6.07, 6.45) is 1.23.